The normalized spacial score (nSPS) is 9.21. The van der Waals surface area contributed by atoms with Gasteiger partial charge in [0.15, 0.2) is 0 Å². The first-order valence-corrected chi connectivity index (χ1v) is 6.14. The van der Waals surface area contributed by atoms with E-state index in [1.165, 1.54) is 4.90 Å². The second-order valence-corrected chi connectivity index (χ2v) is 4.10. The summed E-state index contributed by atoms with van der Waals surface area (Å²) in [6.45, 7) is 3.60. The smallest absolute Gasteiger partial charge is 0.298 e. The van der Waals surface area contributed by atoms with Crippen molar-refractivity contribution < 1.29 is 9.59 Å². The van der Waals surface area contributed by atoms with E-state index in [4.69, 9.17) is 0 Å². The fourth-order valence-corrected chi connectivity index (χ4v) is 1.63. The molecular formula is C15H18N2O2. The van der Waals surface area contributed by atoms with Crippen LogP contribution in [0.5, 0.6) is 0 Å². The molecule has 0 spiro atoms. The van der Waals surface area contributed by atoms with E-state index < -0.39 is 0 Å². The number of benzene rings is 1. The summed E-state index contributed by atoms with van der Waals surface area (Å²) in [4.78, 5) is 24.6. The fraction of sp³-hybridized carbons (Fsp3) is 0.333. The molecule has 0 saturated carbocycles. The third-order valence-corrected chi connectivity index (χ3v) is 2.63. The van der Waals surface area contributed by atoms with Crippen LogP contribution in [-0.4, -0.2) is 30.3 Å². The first-order chi connectivity index (χ1) is 9.08. The van der Waals surface area contributed by atoms with Crippen LogP contribution in [0.3, 0.4) is 0 Å². The Morgan fingerprint density at radius 3 is 2.63 bits per heavy atom. The molecule has 0 fully saturated rings. The highest BCUT2D eigenvalue weighted by molar-refractivity contribution is 5.99. The Balaban J connectivity index is 2.64. The van der Waals surface area contributed by atoms with Crippen molar-refractivity contribution in [3.63, 3.8) is 0 Å². The Hall–Kier alpha value is -2.28. The summed E-state index contributed by atoms with van der Waals surface area (Å²) in [5, 5.41) is 2.81. The molecule has 1 rings (SSSR count). The summed E-state index contributed by atoms with van der Waals surface area (Å²) >= 11 is 0. The quantitative estimate of drug-likeness (QED) is 0.835. The van der Waals surface area contributed by atoms with Crippen LogP contribution < -0.4 is 5.32 Å². The number of hydrogen-bond donors (Lipinski definition) is 1. The van der Waals surface area contributed by atoms with Gasteiger partial charge in [-0.2, -0.15) is 0 Å². The second kappa shape index (κ2) is 7.22. The molecule has 0 atom stereocenters. The van der Waals surface area contributed by atoms with Gasteiger partial charge in [0.2, 0.25) is 5.91 Å². The molecule has 0 aliphatic heterocycles. The van der Waals surface area contributed by atoms with E-state index in [0.29, 0.717) is 0 Å². The molecule has 1 N–H and O–H groups in total. The Morgan fingerprint density at radius 2 is 2.00 bits per heavy atom. The molecule has 0 radical (unpaired) electrons. The van der Waals surface area contributed by atoms with Gasteiger partial charge in [0.05, 0.1) is 0 Å². The van der Waals surface area contributed by atoms with Gasteiger partial charge < -0.3 is 10.2 Å². The molecule has 1 aromatic rings. The number of hydrogen-bond acceptors (Lipinski definition) is 2. The van der Waals surface area contributed by atoms with E-state index in [2.05, 4.69) is 17.2 Å². The van der Waals surface area contributed by atoms with Gasteiger partial charge in [-0.05, 0) is 30.9 Å². The van der Waals surface area contributed by atoms with Crippen LogP contribution >= 0.6 is 0 Å². The van der Waals surface area contributed by atoms with E-state index in [0.717, 1.165) is 17.7 Å². The summed E-state index contributed by atoms with van der Waals surface area (Å²) in [6, 6.07) is 7.62. The van der Waals surface area contributed by atoms with Crippen LogP contribution in [0.2, 0.25) is 0 Å². The van der Waals surface area contributed by atoms with Crippen LogP contribution in [0.25, 0.3) is 0 Å². The summed E-state index contributed by atoms with van der Waals surface area (Å²) in [7, 11) is 1.55. The summed E-state index contributed by atoms with van der Waals surface area (Å²) in [5.74, 6) is 4.32. The van der Waals surface area contributed by atoms with E-state index in [9.17, 15) is 9.59 Å². The highest BCUT2D eigenvalue weighted by Crippen LogP contribution is 2.15. The van der Waals surface area contributed by atoms with Gasteiger partial charge in [0, 0.05) is 12.7 Å². The maximum atomic E-state index is 11.8. The molecule has 0 saturated heterocycles. The van der Waals surface area contributed by atoms with E-state index in [1.54, 1.807) is 14.0 Å². The lowest BCUT2D eigenvalue weighted by Crippen LogP contribution is -2.34. The third kappa shape index (κ3) is 4.47. The number of anilines is 1. The maximum Gasteiger partial charge on any atom is 0.298 e. The zero-order chi connectivity index (χ0) is 14.3. The lowest BCUT2D eigenvalue weighted by atomic mass is 10.1. The number of nitrogens with zero attached hydrogens (tertiary/aromatic N) is 1. The number of para-hydroxylation sites is 1. The number of carbonyl (C=O) groups is 2. The number of amides is 2. The third-order valence-electron chi connectivity index (χ3n) is 2.63. The van der Waals surface area contributed by atoms with Crippen molar-refractivity contribution in [3.05, 3.63) is 29.8 Å². The van der Waals surface area contributed by atoms with Crippen molar-refractivity contribution in [3.8, 4) is 11.8 Å². The topological polar surface area (TPSA) is 49.4 Å². The lowest BCUT2D eigenvalue weighted by Gasteiger charge is -2.15. The van der Waals surface area contributed by atoms with Gasteiger partial charge in [-0.1, -0.05) is 31.0 Å². The average molecular weight is 258 g/mol. The molecule has 2 amide bonds. The van der Waals surface area contributed by atoms with Crippen LogP contribution in [0.4, 0.5) is 5.69 Å². The Morgan fingerprint density at radius 1 is 1.32 bits per heavy atom. The Kier molecular flexibility index (Phi) is 5.62. The minimum atomic E-state index is -0.360. The van der Waals surface area contributed by atoms with E-state index in [-0.39, 0.29) is 18.4 Å². The molecule has 0 heterocycles. The van der Waals surface area contributed by atoms with Crippen LogP contribution in [0.1, 0.15) is 19.4 Å². The average Bonchev–Trinajstić information content (AvgIpc) is 2.39. The van der Waals surface area contributed by atoms with Gasteiger partial charge in [0.1, 0.15) is 6.54 Å². The molecule has 4 nitrogen and oxygen atoms in total. The molecule has 0 aromatic heterocycles. The fourth-order valence-electron chi connectivity index (χ4n) is 1.63. The monoisotopic (exact) mass is 258 g/mol. The van der Waals surface area contributed by atoms with Crippen molar-refractivity contribution in [1.29, 1.82) is 0 Å². The standard InChI is InChI=1S/C15H18N2O2/c1-4-8-15(19)17(3)11-14(18)16-13-10-7-6-9-12(13)5-2/h6-7,9-10H,5,11H2,1-3H3,(H,16,18). The maximum absolute atomic E-state index is 11.8. The molecule has 0 unspecified atom stereocenters. The van der Waals surface area contributed by atoms with Gasteiger partial charge in [0.25, 0.3) is 5.91 Å². The first-order valence-electron chi connectivity index (χ1n) is 6.14. The van der Waals surface area contributed by atoms with Gasteiger partial charge in [-0.3, -0.25) is 9.59 Å². The SMILES string of the molecule is CC#CC(=O)N(C)CC(=O)Nc1ccccc1CC. The minimum Gasteiger partial charge on any atom is -0.326 e. The van der Waals surface area contributed by atoms with Crippen molar-refractivity contribution >= 4 is 17.5 Å². The molecule has 0 aliphatic carbocycles. The predicted molar refractivity (Wildman–Crippen MR) is 75.5 cm³/mol. The summed E-state index contributed by atoms with van der Waals surface area (Å²) in [5.41, 5.74) is 1.86. The van der Waals surface area contributed by atoms with Gasteiger partial charge >= 0.3 is 0 Å². The summed E-state index contributed by atoms with van der Waals surface area (Å²) < 4.78 is 0. The second-order valence-electron chi connectivity index (χ2n) is 4.10. The predicted octanol–water partition coefficient (Wildman–Crippen LogP) is 1.67. The van der Waals surface area contributed by atoms with Crippen molar-refractivity contribution in [2.24, 2.45) is 0 Å². The van der Waals surface area contributed by atoms with Crippen LogP contribution in [0, 0.1) is 11.8 Å². The lowest BCUT2D eigenvalue weighted by molar-refractivity contribution is -0.128. The van der Waals surface area contributed by atoms with E-state index >= 15 is 0 Å². The molecule has 0 bridgehead atoms. The molecule has 19 heavy (non-hydrogen) atoms. The molecular weight excluding hydrogens is 240 g/mol. The summed E-state index contributed by atoms with van der Waals surface area (Å²) in [6.07, 6.45) is 0.840. The molecule has 4 heteroatoms. The highest BCUT2D eigenvalue weighted by atomic mass is 16.2. The largest absolute Gasteiger partial charge is 0.326 e. The van der Waals surface area contributed by atoms with Crippen LogP contribution in [-0.2, 0) is 16.0 Å². The number of nitrogens with one attached hydrogen (secondary N) is 1. The van der Waals surface area contributed by atoms with Gasteiger partial charge in [-0.15, -0.1) is 0 Å². The zero-order valence-electron chi connectivity index (χ0n) is 11.5. The molecule has 0 aliphatic rings. The highest BCUT2D eigenvalue weighted by Gasteiger charge is 2.11. The van der Waals surface area contributed by atoms with Gasteiger partial charge in [-0.25, -0.2) is 0 Å². The van der Waals surface area contributed by atoms with E-state index in [1.807, 2.05) is 31.2 Å². The molecule has 1 aromatic carbocycles. The Labute approximate surface area is 113 Å². The van der Waals surface area contributed by atoms with Crippen molar-refractivity contribution in [2.75, 3.05) is 18.9 Å². The minimum absolute atomic E-state index is 0.00837. The zero-order valence-corrected chi connectivity index (χ0v) is 11.5. The first kappa shape index (κ1) is 14.8. The Bertz CT molecular complexity index is 526. The number of carbonyl (C=O) groups excluding carboxylic acids is 2. The van der Waals surface area contributed by atoms with Crippen molar-refractivity contribution in [1.82, 2.24) is 4.90 Å². The number of rotatable bonds is 4. The number of likely N-dealkylation sites (N-methyl/N-ethyl adjacent to an activating group) is 1. The van der Waals surface area contributed by atoms with Crippen LogP contribution in [0.15, 0.2) is 24.3 Å². The molecule has 100 valence electrons. The number of aryl methyl sites for hydroxylation is 1. The van der Waals surface area contributed by atoms with Crippen molar-refractivity contribution in [2.45, 2.75) is 20.3 Å².